The minimum absolute atomic E-state index is 0.694. The van der Waals surface area contributed by atoms with Gasteiger partial charge in [0.25, 0.3) is 0 Å². The molecule has 5 nitrogen and oxygen atoms in total. The Bertz CT molecular complexity index is 906. The molecule has 0 unspecified atom stereocenters. The predicted octanol–water partition coefficient (Wildman–Crippen LogP) is 4.01. The average Bonchev–Trinajstić information content (AvgIpc) is 3.14. The smallest absolute Gasteiger partial charge is 0.163 e. The first-order valence-corrected chi connectivity index (χ1v) is 8.16. The number of aromatic nitrogens is 3. The Morgan fingerprint density at radius 3 is 2.80 bits per heavy atom. The van der Waals surface area contributed by atoms with Gasteiger partial charge in [-0.05, 0) is 24.3 Å². The second-order valence-electron chi connectivity index (χ2n) is 5.51. The van der Waals surface area contributed by atoms with Crippen molar-refractivity contribution < 1.29 is 0 Å². The molecule has 0 spiro atoms. The zero-order valence-electron chi connectivity index (χ0n) is 13.9. The van der Waals surface area contributed by atoms with Gasteiger partial charge >= 0.3 is 0 Å². The molecule has 5 heteroatoms. The SMILES string of the molecule is C=C/C=C\C(=C/N)CCNc1nc(-c2ccccc2)nc2[nH]ccc12. The van der Waals surface area contributed by atoms with E-state index in [1.54, 1.807) is 12.3 Å². The van der Waals surface area contributed by atoms with E-state index >= 15 is 0 Å². The summed E-state index contributed by atoms with van der Waals surface area (Å²) >= 11 is 0. The summed E-state index contributed by atoms with van der Waals surface area (Å²) in [7, 11) is 0. The summed E-state index contributed by atoms with van der Waals surface area (Å²) in [6.07, 6.45) is 9.84. The van der Waals surface area contributed by atoms with Crippen LogP contribution in [-0.4, -0.2) is 21.5 Å². The first-order valence-electron chi connectivity index (χ1n) is 8.16. The van der Waals surface area contributed by atoms with Crippen molar-refractivity contribution in [3.05, 3.63) is 79.2 Å². The number of H-pyrrole nitrogens is 1. The van der Waals surface area contributed by atoms with E-state index in [2.05, 4.69) is 21.9 Å². The first kappa shape index (κ1) is 16.5. The van der Waals surface area contributed by atoms with E-state index in [1.165, 1.54) is 0 Å². The van der Waals surface area contributed by atoms with E-state index in [0.717, 1.165) is 41.0 Å². The van der Waals surface area contributed by atoms with Crippen LogP contribution in [0.25, 0.3) is 22.4 Å². The Balaban J connectivity index is 1.82. The Morgan fingerprint density at radius 1 is 1.20 bits per heavy atom. The third-order valence-corrected chi connectivity index (χ3v) is 3.81. The molecule has 0 saturated heterocycles. The summed E-state index contributed by atoms with van der Waals surface area (Å²) in [5.41, 5.74) is 8.50. The van der Waals surface area contributed by atoms with Crippen molar-refractivity contribution in [3.63, 3.8) is 0 Å². The van der Waals surface area contributed by atoms with Crippen molar-refractivity contribution in [2.24, 2.45) is 5.73 Å². The number of hydrogen-bond donors (Lipinski definition) is 3. The second-order valence-corrected chi connectivity index (χ2v) is 5.51. The van der Waals surface area contributed by atoms with Gasteiger partial charge < -0.3 is 16.0 Å². The quantitative estimate of drug-likeness (QED) is 0.571. The fraction of sp³-hybridized carbons (Fsp3) is 0.100. The van der Waals surface area contributed by atoms with Gasteiger partial charge in [-0.15, -0.1) is 0 Å². The lowest BCUT2D eigenvalue weighted by molar-refractivity contribution is 1.01. The Hall–Kier alpha value is -3.34. The maximum atomic E-state index is 5.66. The summed E-state index contributed by atoms with van der Waals surface area (Å²) in [4.78, 5) is 12.5. The Morgan fingerprint density at radius 2 is 2.04 bits per heavy atom. The molecule has 1 aromatic carbocycles. The van der Waals surface area contributed by atoms with Crippen LogP contribution in [0.15, 0.2) is 79.2 Å². The molecule has 3 rings (SSSR count). The highest BCUT2D eigenvalue weighted by molar-refractivity contribution is 5.88. The highest BCUT2D eigenvalue weighted by Gasteiger charge is 2.09. The Labute approximate surface area is 147 Å². The molecule has 0 aliphatic rings. The lowest BCUT2D eigenvalue weighted by atomic mass is 10.2. The molecule has 2 heterocycles. The van der Waals surface area contributed by atoms with Crippen molar-refractivity contribution in [3.8, 4) is 11.4 Å². The molecule has 0 saturated carbocycles. The number of fused-ring (bicyclic) bond motifs is 1. The number of anilines is 1. The minimum atomic E-state index is 0.694. The van der Waals surface area contributed by atoms with E-state index < -0.39 is 0 Å². The van der Waals surface area contributed by atoms with Gasteiger partial charge in [0.15, 0.2) is 5.82 Å². The van der Waals surface area contributed by atoms with Crippen molar-refractivity contribution in [1.82, 2.24) is 15.0 Å². The predicted molar refractivity (Wildman–Crippen MR) is 104 cm³/mol. The van der Waals surface area contributed by atoms with Crippen molar-refractivity contribution in [1.29, 1.82) is 0 Å². The fourth-order valence-electron chi connectivity index (χ4n) is 2.53. The third kappa shape index (κ3) is 3.95. The molecule has 2 aromatic heterocycles. The van der Waals surface area contributed by atoms with E-state index in [4.69, 9.17) is 10.7 Å². The van der Waals surface area contributed by atoms with Crippen LogP contribution < -0.4 is 11.1 Å². The van der Waals surface area contributed by atoms with Crippen LogP contribution in [0.1, 0.15) is 6.42 Å². The van der Waals surface area contributed by atoms with Crippen molar-refractivity contribution >= 4 is 16.9 Å². The van der Waals surface area contributed by atoms with Gasteiger partial charge in [0.05, 0.1) is 5.39 Å². The molecule has 0 atom stereocenters. The average molecular weight is 331 g/mol. The van der Waals surface area contributed by atoms with Gasteiger partial charge in [0.1, 0.15) is 11.5 Å². The lowest BCUT2D eigenvalue weighted by Gasteiger charge is -2.09. The van der Waals surface area contributed by atoms with Crippen LogP contribution in [0.2, 0.25) is 0 Å². The van der Waals surface area contributed by atoms with Crippen LogP contribution in [0.3, 0.4) is 0 Å². The number of benzene rings is 1. The van der Waals surface area contributed by atoms with Gasteiger partial charge in [0.2, 0.25) is 0 Å². The highest BCUT2D eigenvalue weighted by atomic mass is 15.1. The fourth-order valence-corrected chi connectivity index (χ4v) is 2.53. The number of rotatable bonds is 7. The van der Waals surface area contributed by atoms with Crippen molar-refractivity contribution in [2.75, 3.05) is 11.9 Å². The van der Waals surface area contributed by atoms with E-state index in [9.17, 15) is 0 Å². The molecule has 4 N–H and O–H groups in total. The van der Waals surface area contributed by atoms with Crippen LogP contribution >= 0.6 is 0 Å². The molecule has 0 aliphatic carbocycles. The van der Waals surface area contributed by atoms with Crippen LogP contribution in [0.5, 0.6) is 0 Å². The van der Waals surface area contributed by atoms with Gasteiger partial charge in [-0.25, -0.2) is 9.97 Å². The lowest BCUT2D eigenvalue weighted by Crippen LogP contribution is -2.06. The zero-order chi connectivity index (χ0) is 17.5. The molecule has 3 aromatic rings. The summed E-state index contributed by atoms with van der Waals surface area (Å²) in [6, 6.07) is 11.9. The van der Waals surface area contributed by atoms with E-state index in [0.29, 0.717) is 5.82 Å². The largest absolute Gasteiger partial charge is 0.404 e. The Kier molecular flexibility index (Phi) is 5.26. The van der Waals surface area contributed by atoms with Crippen molar-refractivity contribution in [2.45, 2.75) is 6.42 Å². The number of nitrogens with one attached hydrogen (secondary N) is 2. The van der Waals surface area contributed by atoms with Gasteiger partial charge in [-0.1, -0.05) is 55.1 Å². The number of nitrogens with two attached hydrogens (primary N) is 1. The summed E-state index contributed by atoms with van der Waals surface area (Å²) in [5.74, 6) is 1.51. The van der Waals surface area contributed by atoms with Gasteiger partial charge in [-0.2, -0.15) is 0 Å². The summed E-state index contributed by atoms with van der Waals surface area (Å²) < 4.78 is 0. The standard InChI is InChI=1S/C20H21N5/c1-2-3-7-15(14-21)10-12-22-19-17-11-13-23-20(17)25-18(24-19)16-8-5-4-6-9-16/h2-9,11,13-14H,1,10,12,21H2,(H2,22,23,24,25)/b7-3-,15-14+. The van der Waals surface area contributed by atoms with Crippen LogP contribution in [0, 0.1) is 0 Å². The molecular formula is C20H21N5. The molecule has 126 valence electrons. The van der Waals surface area contributed by atoms with Crippen LogP contribution in [0.4, 0.5) is 5.82 Å². The molecule has 0 amide bonds. The van der Waals surface area contributed by atoms with E-state index in [1.807, 2.05) is 54.7 Å². The van der Waals surface area contributed by atoms with E-state index in [-0.39, 0.29) is 0 Å². The topological polar surface area (TPSA) is 79.6 Å². The number of aromatic amines is 1. The molecular weight excluding hydrogens is 310 g/mol. The molecule has 0 bridgehead atoms. The summed E-state index contributed by atoms with van der Waals surface area (Å²) in [5, 5.41) is 4.37. The number of allylic oxidation sites excluding steroid dienone is 3. The highest BCUT2D eigenvalue weighted by Crippen LogP contribution is 2.24. The minimum Gasteiger partial charge on any atom is -0.404 e. The molecule has 0 fully saturated rings. The number of nitrogens with zero attached hydrogens (tertiary/aromatic N) is 2. The maximum Gasteiger partial charge on any atom is 0.163 e. The second kappa shape index (κ2) is 7.97. The zero-order valence-corrected chi connectivity index (χ0v) is 13.9. The molecule has 0 aliphatic heterocycles. The monoisotopic (exact) mass is 331 g/mol. The third-order valence-electron chi connectivity index (χ3n) is 3.81. The first-order chi connectivity index (χ1) is 12.3. The molecule has 0 radical (unpaired) electrons. The van der Waals surface area contributed by atoms with Gasteiger partial charge in [-0.3, -0.25) is 0 Å². The maximum absolute atomic E-state index is 5.66. The number of hydrogen-bond acceptors (Lipinski definition) is 4. The molecule has 25 heavy (non-hydrogen) atoms. The summed E-state index contributed by atoms with van der Waals surface area (Å²) in [6.45, 7) is 4.39. The van der Waals surface area contributed by atoms with Gasteiger partial charge in [0, 0.05) is 18.3 Å². The normalized spacial score (nSPS) is 11.9. The van der Waals surface area contributed by atoms with Crippen LogP contribution in [-0.2, 0) is 0 Å².